The van der Waals surface area contributed by atoms with Crippen LogP contribution in [0.2, 0.25) is 0 Å². The molecule has 2 rings (SSSR count). The van der Waals surface area contributed by atoms with E-state index in [1.54, 1.807) is 24.3 Å². The van der Waals surface area contributed by atoms with Crippen LogP contribution in [-0.2, 0) is 14.8 Å². The first kappa shape index (κ1) is 22.2. The zero-order valence-electron chi connectivity index (χ0n) is 16.4. The van der Waals surface area contributed by atoms with Gasteiger partial charge in [0.05, 0.1) is 23.6 Å². The number of aliphatic hydroxyl groups excluding tert-OH is 2. The second kappa shape index (κ2) is 9.42. The Morgan fingerprint density at radius 1 is 1.11 bits per heavy atom. The van der Waals surface area contributed by atoms with Gasteiger partial charge in [0.15, 0.2) is 0 Å². The van der Waals surface area contributed by atoms with E-state index in [9.17, 15) is 18.6 Å². The number of nitrogens with zero attached hydrogens (tertiary/aromatic N) is 2. The standard InChI is InChI=1S/C18H31N3O5S/c1-13-5-7-14(8-6-13)27(24,25)19-11-15-17(18(23)16(12-22)26-15)21(4)10-9-20(2)3/h5-8,15-19,22-23H,9-12H2,1-4H3. The predicted molar refractivity (Wildman–Crippen MR) is 103 cm³/mol. The van der Waals surface area contributed by atoms with Gasteiger partial charge in [0.25, 0.3) is 0 Å². The Kier molecular flexibility index (Phi) is 7.75. The topological polar surface area (TPSA) is 102 Å². The Hall–Kier alpha value is -1.07. The fourth-order valence-electron chi connectivity index (χ4n) is 3.19. The Bertz CT molecular complexity index is 695. The predicted octanol–water partition coefficient (Wildman–Crippen LogP) is -0.744. The molecule has 1 aliphatic heterocycles. The van der Waals surface area contributed by atoms with E-state index < -0.39 is 34.4 Å². The van der Waals surface area contributed by atoms with Crippen LogP contribution in [-0.4, -0.2) is 100 Å². The molecule has 154 valence electrons. The highest BCUT2D eigenvalue weighted by atomic mass is 32.2. The summed E-state index contributed by atoms with van der Waals surface area (Å²) in [6.07, 6.45) is -2.19. The van der Waals surface area contributed by atoms with Gasteiger partial charge in [-0.1, -0.05) is 17.7 Å². The molecule has 4 unspecified atom stereocenters. The molecule has 0 bridgehead atoms. The average Bonchev–Trinajstić information content (AvgIpc) is 2.94. The first-order valence-corrected chi connectivity index (χ1v) is 10.5. The van der Waals surface area contributed by atoms with Gasteiger partial charge < -0.3 is 19.8 Å². The highest BCUT2D eigenvalue weighted by Crippen LogP contribution is 2.25. The average molecular weight is 402 g/mol. The zero-order valence-corrected chi connectivity index (χ0v) is 17.2. The maximum absolute atomic E-state index is 12.5. The van der Waals surface area contributed by atoms with Crippen LogP contribution in [0.1, 0.15) is 5.56 Å². The summed E-state index contributed by atoms with van der Waals surface area (Å²) in [5, 5.41) is 20.0. The van der Waals surface area contributed by atoms with Gasteiger partial charge in [0, 0.05) is 19.6 Å². The monoisotopic (exact) mass is 401 g/mol. The first-order valence-electron chi connectivity index (χ1n) is 9.01. The number of aryl methyl sites for hydroxylation is 1. The Morgan fingerprint density at radius 3 is 2.30 bits per heavy atom. The first-order chi connectivity index (χ1) is 12.7. The fraction of sp³-hybridized carbons (Fsp3) is 0.667. The molecule has 1 aromatic rings. The van der Waals surface area contributed by atoms with Crippen LogP contribution in [0, 0.1) is 6.92 Å². The van der Waals surface area contributed by atoms with E-state index in [0.717, 1.165) is 12.1 Å². The lowest BCUT2D eigenvalue weighted by molar-refractivity contribution is -0.0201. The molecule has 1 saturated heterocycles. The molecule has 0 saturated carbocycles. The number of sulfonamides is 1. The summed E-state index contributed by atoms with van der Waals surface area (Å²) in [6.45, 7) is 3.05. The molecule has 0 aliphatic carbocycles. The molecule has 1 aliphatic rings. The van der Waals surface area contributed by atoms with E-state index in [-0.39, 0.29) is 18.0 Å². The van der Waals surface area contributed by atoms with E-state index in [4.69, 9.17) is 4.74 Å². The van der Waals surface area contributed by atoms with Crippen molar-refractivity contribution in [2.75, 3.05) is 47.4 Å². The van der Waals surface area contributed by atoms with Crippen molar-refractivity contribution in [3.8, 4) is 0 Å². The second-order valence-corrected chi connectivity index (χ2v) is 9.09. The lowest BCUT2D eigenvalue weighted by Crippen LogP contribution is -2.51. The molecule has 4 atom stereocenters. The minimum atomic E-state index is -3.68. The van der Waals surface area contributed by atoms with Crippen molar-refractivity contribution in [1.29, 1.82) is 0 Å². The highest BCUT2D eigenvalue weighted by Gasteiger charge is 2.45. The number of nitrogens with one attached hydrogen (secondary N) is 1. The smallest absolute Gasteiger partial charge is 0.240 e. The summed E-state index contributed by atoms with van der Waals surface area (Å²) < 4.78 is 33.4. The summed E-state index contributed by atoms with van der Waals surface area (Å²) in [5.74, 6) is 0. The van der Waals surface area contributed by atoms with Crippen molar-refractivity contribution in [2.24, 2.45) is 0 Å². The quantitative estimate of drug-likeness (QED) is 0.501. The van der Waals surface area contributed by atoms with Gasteiger partial charge in [-0.05, 0) is 40.2 Å². The Labute approximate surface area is 161 Å². The molecule has 0 amide bonds. The Balaban J connectivity index is 2.08. The maximum Gasteiger partial charge on any atom is 0.240 e. The molecule has 0 radical (unpaired) electrons. The van der Waals surface area contributed by atoms with Crippen molar-refractivity contribution in [2.45, 2.75) is 36.2 Å². The van der Waals surface area contributed by atoms with Crippen LogP contribution in [0.3, 0.4) is 0 Å². The van der Waals surface area contributed by atoms with Gasteiger partial charge in [0.2, 0.25) is 10.0 Å². The van der Waals surface area contributed by atoms with E-state index in [1.807, 2.05) is 37.9 Å². The molecule has 0 aromatic heterocycles. The third kappa shape index (κ3) is 5.71. The number of rotatable bonds is 9. The van der Waals surface area contributed by atoms with Gasteiger partial charge in [-0.3, -0.25) is 4.90 Å². The van der Waals surface area contributed by atoms with Crippen LogP contribution >= 0.6 is 0 Å². The number of hydrogen-bond acceptors (Lipinski definition) is 7. The van der Waals surface area contributed by atoms with Crippen LogP contribution in [0.5, 0.6) is 0 Å². The molecule has 3 N–H and O–H groups in total. The summed E-state index contributed by atoms with van der Waals surface area (Å²) in [6, 6.07) is 6.18. The van der Waals surface area contributed by atoms with Crippen LogP contribution in [0.25, 0.3) is 0 Å². The largest absolute Gasteiger partial charge is 0.394 e. The maximum atomic E-state index is 12.5. The van der Waals surface area contributed by atoms with Crippen LogP contribution in [0.4, 0.5) is 0 Å². The van der Waals surface area contributed by atoms with Gasteiger partial charge in [-0.25, -0.2) is 13.1 Å². The number of hydrogen-bond donors (Lipinski definition) is 3. The lowest BCUT2D eigenvalue weighted by Gasteiger charge is -2.31. The van der Waals surface area contributed by atoms with Crippen LogP contribution in [0.15, 0.2) is 29.2 Å². The molecular weight excluding hydrogens is 370 g/mol. The van der Waals surface area contributed by atoms with E-state index in [1.165, 1.54) is 0 Å². The number of ether oxygens (including phenoxy) is 1. The van der Waals surface area contributed by atoms with Gasteiger partial charge in [0.1, 0.15) is 12.2 Å². The van der Waals surface area contributed by atoms with Crippen molar-refractivity contribution >= 4 is 10.0 Å². The number of likely N-dealkylation sites (N-methyl/N-ethyl adjacent to an activating group) is 2. The Morgan fingerprint density at radius 2 is 1.74 bits per heavy atom. The number of aliphatic hydroxyl groups is 2. The van der Waals surface area contributed by atoms with Gasteiger partial charge in [-0.15, -0.1) is 0 Å². The number of benzene rings is 1. The summed E-state index contributed by atoms with van der Waals surface area (Å²) in [5.41, 5.74) is 0.976. The van der Waals surface area contributed by atoms with Gasteiger partial charge in [-0.2, -0.15) is 0 Å². The fourth-order valence-corrected chi connectivity index (χ4v) is 4.23. The van der Waals surface area contributed by atoms with Gasteiger partial charge >= 0.3 is 0 Å². The third-order valence-corrected chi connectivity index (χ3v) is 6.30. The molecule has 8 nitrogen and oxygen atoms in total. The highest BCUT2D eigenvalue weighted by molar-refractivity contribution is 7.89. The normalized spacial score (nSPS) is 26.2. The summed E-state index contributed by atoms with van der Waals surface area (Å²) in [4.78, 5) is 4.16. The van der Waals surface area contributed by atoms with Crippen molar-refractivity contribution in [3.63, 3.8) is 0 Å². The summed E-state index contributed by atoms with van der Waals surface area (Å²) >= 11 is 0. The van der Waals surface area contributed by atoms with Crippen molar-refractivity contribution in [1.82, 2.24) is 14.5 Å². The van der Waals surface area contributed by atoms with Crippen molar-refractivity contribution in [3.05, 3.63) is 29.8 Å². The molecule has 27 heavy (non-hydrogen) atoms. The molecule has 9 heteroatoms. The molecular formula is C18H31N3O5S. The summed E-state index contributed by atoms with van der Waals surface area (Å²) in [7, 11) is 2.10. The zero-order chi connectivity index (χ0) is 20.2. The second-order valence-electron chi connectivity index (χ2n) is 7.33. The molecule has 1 aromatic carbocycles. The van der Waals surface area contributed by atoms with E-state index in [2.05, 4.69) is 4.72 Å². The third-order valence-electron chi connectivity index (χ3n) is 4.86. The van der Waals surface area contributed by atoms with Crippen molar-refractivity contribution < 1.29 is 23.4 Å². The molecule has 0 spiro atoms. The SMILES string of the molecule is Cc1ccc(S(=O)(=O)NCC2OC(CO)C(O)C2N(C)CCN(C)C)cc1. The minimum absolute atomic E-state index is 0.0146. The minimum Gasteiger partial charge on any atom is -0.394 e. The molecule has 1 fully saturated rings. The van der Waals surface area contributed by atoms with E-state index >= 15 is 0 Å². The van der Waals surface area contributed by atoms with Crippen LogP contribution < -0.4 is 4.72 Å². The lowest BCUT2D eigenvalue weighted by atomic mass is 10.0. The van der Waals surface area contributed by atoms with E-state index in [0.29, 0.717) is 6.54 Å². The molecule has 1 heterocycles.